The van der Waals surface area contributed by atoms with E-state index in [2.05, 4.69) is 22.5 Å². The molecule has 5 nitrogen and oxygen atoms in total. The Bertz CT molecular complexity index is 1010. The van der Waals surface area contributed by atoms with Crippen molar-refractivity contribution in [3.63, 3.8) is 0 Å². The Morgan fingerprint density at radius 1 is 1.30 bits per heavy atom. The minimum Gasteiger partial charge on any atom is -0.497 e. The van der Waals surface area contributed by atoms with Gasteiger partial charge < -0.3 is 14.0 Å². The number of fused-ring (bicyclic) bond motifs is 3. The maximum absolute atomic E-state index is 13.0. The van der Waals surface area contributed by atoms with Crippen molar-refractivity contribution >= 4 is 5.97 Å². The molecule has 1 aliphatic heterocycles. The zero-order chi connectivity index (χ0) is 19.0. The summed E-state index contributed by atoms with van der Waals surface area (Å²) >= 11 is 0. The van der Waals surface area contributed by atoms with E-state index in [0.717, 1.165) is 46.8 Å². The monoisotopic (exact) mass is 362 g/mol. The Kier molecular flexibility index (Phi) is 4.44. The average Bonchev–Trinajstić information content (AvgIpc) is 3.01. The highest BCUT2D eigenvalue weighted by Gasteiger charge is 2.31. The number of nitrogens with zero attached hydrogens (tertiary/aromatic N) is 2. The van der Waals surface area contributed by atoms with Crippen molar-refractivity contribution < 1.29 is 14.3 Å². The summed E-state index contributed by atoms with van der Waals surface area (Å²) in [7, 11) is 1.67. The molecular formula is C22H22N2O3. The first-order chi connectivity index (χ1) is 13.2. The number of aryl methyl sites for hydroxylation is 1. The second kappa shape index (κ2) is 6.91. The molecule has 0 aliphatic carbocycles. The maximum atomic E-state index is 13.0. The van der Waals surface area contributed by atoms with E-state index in [1.54, 1.807) is 19.5 Å². The first kappa shape index (κ1) is 17.3. The van der Waals surface area contributed by atoms with E-state index in [0.29, 0.717) is 12.2 Å². The lowest BCUT2D eigenvalue weighted by Crippen LogP contribution is -2.14. The van der Waals surface area contributed by atoms with E-state index in [1.165, 1.54) is 5.56 Å². The number of benzene rings is 1. The van der Waals surface area contributed by atoms with Crippen molar-refractivity contribution in [1.29, 1.82) is 0 Å². The molecule has 0 saturated heterocycles. The van der Waals surface area contributed by atoms with Crippen molar-refractivity contribution in [2.45, 2.75) is 26.8 Å². The summed E-state index contributed by atoms with van der Waals surface area (Å²) < 4.78 is 13.0. The molecule has 0 fully saturated rings. The van der Waals surface area contributed by atoms with Crippen LogP contribution in [0, 0.1) is 6.92 Å². The molecule has 0 bridgehead atoms. The first-order valence-corrected chi connectivity index (χ1v) is 9.13. The summed E-state index contributed by atoms with van der Waals surface area (Å²) in [6.45, 7) is 5.04. The number of rotatable bonds is 4. The van der Waals surface area contributed by atoms with Crippen LogP contribution in [0.4, 0.5) is 0 Å². The van der Waals surface area contributed by atoms with Gasteiger partial charge in [-0.2, -0.15) is 0 Å². The SMILES string of the molecule is CCOC(=O)c1c(-c2cccnc2)c(C)n2c1-c1ccc(OC)cc1CC2. The standard InChI is InChI=1S/C22H22N2O3/c1-4-27-22(25)20-19(16-6-5-10-23-13-16)14(2)24-11-9-15-12-17(26-3)7-8-18(15)21(20)24/h5-8,10,12-13H,4,9,11H2,1-3H3. The number of pyridine rings is 1. The average molecular weight is 362 g/mol. The third-order valence-corrected chi connectivity index (χ3v) is 5.13. The molecule has 27 heavy (non-hydrogen) atoms. The molecule has 0 unspecified atom stereocenters. The van der Waals surface area contributed by atoms with Gasteiger partial charge in [-0.25, -0.2) is 4.79 Å². The van der Waals surface area contributed by atoms with Crippen LogP contribution in [0.15, 0.2) is 42.7 Å². The lowest BCUT2D eigenvalue weighted by molar-refractivity contribution is 0.0528. The molecule has 0 spiro atoms. The van der Waals surface area contributed by atoms with Gasteiger partial charge in [-0.15, -0.1) is 0 Å². The van der Waals surface area contributed by atoms with E-state index in [9.17, 15) is 4.79 Å². The van der Waals surface area contributed by atoms with Gasteiger partial charge in [0, 0.05) is 41.3 Å². The van der Waals surface area contributed by atoms with Gasteiger partial charge in [0.2, 0.25) is 0 Å². The number of carbonyl (C=O) groups is 1. The molecule has 0 N–H and O–H groups in total. The van der Waals surface area contributed by atoms with Crippen LogP contribution in [0.3, 0.4) is 0 Å². The normalized spacial score (nSPS) is 12.3. The van der Waals surface area contributed by atoms with Crippen molar-refractivity contribution in [2.75, 3.05) is 13.7 Å². The second-order valence-corrected chi connectivity index (χ2v) is 6.57. The number of methoxy groups -OCH3 is 1. The summed E-state index contributed by atoms with van der Waals surface area (Å²) in [4.78, 5) is 17.2. The van der Waals surface area contributed by atoms with Crippen LogP contribution in [-0.2, 0) is 17.7 Å². The third-order valence-electron chi connectivity index (χ3n) is 5.13. The summed E-state index contributed by atoms with van der Waals surface area (Å²) in [5.41, 5.74) is 6.67. The van der Waals surface area contributed by atoms with Crippen LogP contribution < -0.4 is 4.74 Å². The number of aromatic nitrogens is 2. The van der Waals surface area contributed by atoms with Crippen LogP contribution in [-0.4, -0.2) is 29.2 Å². The second-order valence-electron chi connectivity index (χ2n) is 6.57. The Labute approximate surface area is 158 Å². The number of carbonyl (C=O) groups excluding carboxylic acids is 1. The summed E-state index contributed by atoms with van der Waals surface area (Å²) in [5.74, 6) is 0.535. The van der Waals surface area contributed by atoms with E-state index in [-0.39, 0.29) is 5.97 Å². The molecule has 0 radical (unpaired) electrons. The Balaban J connectivity index is 2.01. The fourth-order valence-corrected chi connectivity index (χ4v) is 3.93. The molecule has 4 rings (SSSR count). The molecule has 3 aromatic rings. The molecule has 3 heterocycles. The highest BCUT2D eigenvalue weighted by Crippen LogP contribution is 2.42. The van der Waals surface area contributed by atoms with E-state index >= 15 is 0 Å². The Hall–Kier alpha value is -3.08. The predicted octanol–water partition coefficient (Wildman–Crippen LogP) is 4.27. The third kappa shape index (κ3) is 2.79. The Morgan fingerprint density at radius 3 is 2.85 bits per heavy atom. The topological polar surface area (TPSA) is 53.3 Å². The van der Waals surface area contributed by atoms with Gasteiger partial charge in [0.1, 0.15) is 5.75 Å². The van der Waals surface area contributed by atoms with Crippen LogP contribution in [0.2, 0.25) is 0 Å². The van der Waals surface area contributed by atoms with E-state index in [4.69, 9.17) is 9.47 Å². The maximum Gasteiger partial charge on any atom is 0.340 e. The molecule has 138 valence electrons. The fraction of sp³-hybridized carbons (Fsp3) is 0.273. The molecule has 1 aromatic carbocycles. The van der Waals surface area contributed by atoms with Gasteiger partial charge in [-0.3, -0.25) is 4.98 Å². The van der Waals surface area contributed by atoms with Crippen molar-refractivity contribution in [3.05, 3.63) is 59.5 Å². The fourth-order valence-electron chi connectivity index (χ4n) is 3.93. The van der Waals surface area contributed by atoms with E-state index < -0.39 is 0 Å². The lowest BCUT2D eigenvalue weighted by atomic mass is 9.94. The highest BCUT2D eigenvalue weighted by molar-refractivity contribution is 6.05. The minimum absolute atomic E-state index is 0.295. The van der Waals surface area contributed by atoms with Gasteiger partial charge in [0.15, 0.2) is 0 Å². The summed E-state index contributed by atoms with van der Waals surface area (Å²) in [6, 6.07) is 9.90. The van der Waals surface area contributed by atoms with E-state index in [1.807, 2.05) is 31.2 Å². The summed E-state index contributed by atoms with van der Waals surface area (Å²) in [5, 5.41) is 0. The molecular weight excluding hydrogens is 340 g/mol. The minimum atomic E-state index is -0.295. The van der Waals surface area contributed by atoms with Crippen LogP contribution in [0.25, 0.3) is 22.4 Å². The van der Waals surface area contributed by atoms with Crippen LogP contribution in [0.1, 0.15) is 28.5 Å². The lowest BCUT2D eigenvalue weighted by Gasteiger charge is -2.22. The zero-order valence-corrected chi connectivity index (χ0v) is 15.8. The van der Waals surface area contributed by atoms with Crippen molar-refractivity contribution in [3.8, 4) is 28.1 Å². The number of hydrogen-bond acceptors (Lipinski definition) is 4. The predicted molar refractivity (Wildman–Crippen MR) is 104 cm³/mol. The quantitative estimate of drug-likeness (QED) is 0.651. The van der Waals surface area contributed by atoms with Gasteiger partial charge >= 0.3 is 5.97 Å². The molecule has 5 heteroatoms. The number of hydrogen-bond donors (Lipinski definition) is 0. The highest BCUT2D eigenvalue weighted by atomic mass is 16.5. The smallest absolute Gasteiger partial charge is 0.340 e. The molecule has 0 saturated carbocycles. The number of esters is 1. The Morgan fingerprint density at radius 2 is 2.15 bits per heavy atom. The van der Waals surface area contributed by atoms with Gasteiger partial charge in [-0.05, 0) is 50.1 Å². The van der Waals surface area contributed by atoms with Crippen molar-refractivity contribution in [2.24, 2.45) is 0 Å². The molecule has 2 aromatic heterocycles. The van der Waals surface area contributed by atoms with Gasteiger partial charge in [-0.1, -0.05) is 6.07 Å². The number of ether oxygens (including phenoxy) is 2. The van der Waals surface area contributed by atoms with Crippen LogP contribution in [0.5, 0.6) is 5.75 Å². The summed E-state index contributed by atoms with van der Waals surface area (Å²) in [6.07, 6.45) is 4.43. The molecule has 1 aliphatic rings. The van der Waals surface area contributed by atoms with Crippen LogP contribution >= 0.6 is 0 Å². The molecule has 0 atom stereocenters. The largest absolute Gasteiger partial charge is 0.497 e. The zero-order valence-electron chi connectivity index (χ0n) is 15.8. The van der Waals surface area contributed by atoms with Gasteiger partial charge in [0.05, 0.1) is 25.0 Å². The molecule has 0 amide bonds. The van der Waals surface area contributed by atoms with Crippen molar-refractivity contribution in [1.82, 2.24) is 9.55 Å². The first-order valence-electron chi connectivity index (χ1n) is 9.13. The van der Waals surface area contributed by atoms with Gasteiger partial charge in [0.25, 0.3) is 0 Å².